The number of hydrogen-bond acceptors (Lipinski definition) is 4. The third-order valence-electron chi connectivity index (χ3n) is 4.86. The van der Waals surface area contributed by atoms with E-state index in [0.717, 1.165) is 29.3 Å². The average Bonchev–Trinajstić information content (AvgIpc) is 3.41. The Balaban J connectivity index is 1.55. The van der Waals surface area contributed by atoms with E-state index in [1.165, 1.54) is 11.0 Å². The molecule has 1 unspecified atom stereocenters. The van der Waals surface area contributed by atoms with Crippen molar-refractivity contribution in [3.05, 3.63) is 54.6 Å². The zero-order valence-corrected chi connectivity index (χ0v) is 14.7. The molecule has 6 heteroatoms. The summed E-state index contributed by atoms with van der Waals surface area (Å²) in [5.74, 6) is 0.624. The van der Waals surface area contributed by atoms with Crippen molar-refractivity contribution in [1.29, 1.82) is 0 Å². The zero-order chi connectivity index (χ0) is 18.1. The van der Waals surface area contributed by atoms with Gasteiger partial charge in [0.15, 0.2) is 5.82 Å². The van der Waals surface area contributed by atoms with Gasteiger partial charge in [0.05, 0.1) is 5.69 Å². The van der Waals surface area contributed by atoms with Crippen LogP contribution in [-0.2, 0) is 11.3 Å². The van der Waals surface area contributed by atoms with Crippen LogP contribution in [0.4, 0.5) is 5.69 Å². The standard InChI is InChI=1S/C20H22N4O2/c1-2-24(17-9-5-7-14-6-3-4-8-16(14)17)18(25)12-23-13-21-20(22-23)19(26)15-10-11-15/h3-9,13,15,19,26H,2,10-12H2,1H3. The van der Waals surface area contributed by atoms with Gasteiger partial charge in [-0.2, -0.15) is 5.10 Å². The molecule has 1 aliphatic carbocycles. The summed E-state index contributed by atoms with van der Waals surface area (Å²) >= 11 is 0. The van der Waals surface area contributed by atoms with Crippen LogP contribution in [0, 0.1) is 5.92 Å². The van der Waals surface area contributed by atoms with Crippen LogP contribution < -0.4 is 4.90 Å². The molecule has 1 fully saturated rings. The lowest BCUT2D eigenvalue weighted by molar-refractivity contribution is -0.119. The van der Waals surface area contributed by atoms with Gasteiger partial charge in [0.1, 0.15) is 19.0 Å². The van der Waals surface area contributed by atoms with Crippen molar-refractivity contribution in [2.45, 2.75) is 32.4 Å². The molecule has 3 aromatic rings. The van der Waals surface area contributed by atoms with E-state index in [0.29, 0.717) is 12.4 Å². The third kappa shape index (κ3) is 3.20. The number of carbonyl (C=O) groups excluding carboxylic acids is 1. The third-order valence-corrected chi connectivity index (χ3v) is 4.86. The van der Waals surface area contributed by atoms with Crippen LogP contribution in [0.2, 0.25) is 0 Å². The van der Waals surface area contributed by atoms with Crippen LogP contribution in [0.1, 0.15) is 31.7 Å². The van der Waals surface area contributed by atoms with Crippen molar-refractivity contribution in [2.24, 2.45) is 5.92 Å². The molecule has 0 bridgehead atoms. The lowest BCUT2D eigenvalue weighted by Gasteiger charge is -2.22. The normalized spacial score (nSPS) is 15.2. The number of aliphatic hydroxyl groups excluding tert-OH is 1. The van der Waals surface area contributed by atoms with Crippen LogP contribution in [0.15, 0.2) is 48.8 Å². The van der Waals surface area contributed by atoms with Crippen molar-refractivity contribution in [3.63, 3.8) is 0 Å². The molecule has 1 aliphatic rings. The molecule has 1 aromatic heterocycles. The van der Waals surface area contributed by atoms with Crippen LogP contribution in [0.25, 0.3) is 10.8 Å². The number of aromatic nitrogens is 3. The van der Waals surface area contributed by atoms with Crippen LogP contribution in [0.5, 0.6) is 0 Å². The van der Waals surface area contributed by atoms with Gasteiger partial charge < -0.3 is 10.0 Å². The number of rotatable bonds is 6. The Morgan fingerprint density at radius 2 is 2.04 bits per heavy atom. The minimum atomic E-state index is -0.619. The predicted molar refractivity (Wildman–Crippen MR) is 99.7 cm³/mol. The number of amides is 1. The van der Waals surface area contributed by atoms with Crippen LogP contribution >= 0.6 is 0 Å². The maximum absolute atomic E-state index is 12.9. The van der Waals surface area contributed by atoms with Gasteiger partial charge in [0, 0.05) is 11.9 Å². The van der Waals surface area contributed by atoms with E-state index in [4.69, 9.17) is 0 Å². The van der Waals surface area contributed by atoms with Gasteiger partial charge in [-0.25, -0.2) is 9.67 Å². The number of benzene rings is 2. The highest BCUT2D eigenvalue weighted by Gasteiger charge is 2.33. The number of carbonyl (C=O) groups is 1. The molecule has 1 saturated carbocycles. The van der Waals surface area contributed by atoms with E-state index in [1.807, 2.05) is 49.4 Å². The van der Waals surface area contributed by atoms with Crippen molar-refractivity contribution >= 4 is 22.4 Å². The summed E-state index contributed by atoms with van der Waals surface area (Å²) in [6.45, 7) is 2.63. The Morgan fingerprint density at radius 1 is 1.27 bits per heavy atom. The molecule has 1 atom stereocenters. The van der Waals surface area contributed by atoms with Gasteiger partial charge in [-0.05, 0) is 37.1 Å². The Morgan fingerprint density at radius 3 is 2.81 bits per heavy atom. The fourth-order valence-corrected chi connectivity index (χ4v) is 3.29. The fraction of sp³-hybridized carbons (Fsp3) is 0.350. The molecule has 1 heterocycles. The van der Waals surface area contributed by atoms with Gasteiger partial charge >= 0.3 is 0 Å². The second kappa shape index (κ2) is 6.88. The second-order valence-electron chi connectivity index (χ2n) is 6.72. The highest BCUT2D eigenvalue weighted by molar-refractivity contribution is 6.03. The van der Waals surface area contributed by atoms with Crippen molar-refractivity contribution < 1.29 is 9.90 Å². The number of nitrogens with zero attached hydrogens (tertiary/aromatic N) is 4. The number of likely N-dealkylation sites (N-methyl/N-ethyl adjacent to an activating group) is 1. The minimum absolute atomic E-state index is 0.0544. The SMILES string of the molecule is CCN(C(=O)Cn1cnc(C(O)C2CC2)n1)c1cccc2ccccc12. The second-order valence-corrected chi connectivity index (χ2v) is 6.72. The number of aliphatic hydroxyl groups is 1. The first-order valence-electron chi connectivity index (χ1n) is 9.03. The van der Waals surface area contributed by atoms with E-state index >= 15 is 0 Å². The molecule has 0 radical (unpaired) electrons. The van der Waals surface area contributed by atoms with E-state index in [-0.39, 0.29) is 18.4 Å². The number of anilines is 1. The summed E-state index contributed by atoms with van der Waals surface area (Å²) in [7, 11) is 0. The quantitative estimate of drug-likeness (QED) is 0.742. The molecule has 134 valence electrons. The van der Waals surface area contributed by atoms with E-state index in [2.05, 4.69) is 10.1 Å². The summed E-state index contributed by atoms with van der Waals surface area (Å²) in [4.78, 5) is 18.8. The number of hydrogen-bond donors (Lipinski definition) is 1. The average molecular weight is 350 g/mol. The first kappa shape index (κ1) is 16.7. The Bertz CT molecular complexity index is 927. The largest absolute Gasteiger partial charge is 0.385 e. The summed E-state index contributed by atoms with van der Waals surface area (Å²) in [5, 5.41) is 16.6. The summed E-state index contributed by atoms with van der Waals surface area (Å²) in [6.07, 6.45) is 2.93. The molecule has 0 spiro atoms. The molecular weight excluding hydrogens is 328 g/mol. The minimum Gasteiger partial charge on any atom is -0.385 e. The lowest BCUT2D eigenvalue weighted by atomic mass is 10.1. The van der Waals surface area contributed by atoms with E-state index in [9.17, 15) is 9.90 Å². The van der Waals surface area contributed by atoms with Gasteiger partial charge in [0.2, 0.25) is 5.91 Å². The molecular formula is C20H22N4O2. The highest BCUT2D eigenvalue weighted by atomic mass is 16.3. The van der Waals surface area contributed by atoms with E-state index in [1.54, 1.807) is 4.90 Å². The summed E-state index contributed by atoms with van der Waals surface area (Å²) < 4.78 is 1.51. The van der Waals surface area contributed by atoms with Gasteiger partial charge in [-0.15, -0.1) is 0 Å². The topological polar surface area (TPSA) is 71.2 Å². The highest BCUT2D eigenvalue weighted by Crippen LogP contribution is 2.39. The van der Waals surface area contributed by atoms with Crippen molar-refractivity contribution in [3.8, 4) is 0 Å². The molecule has 2 aromatic carbocycles. The molecule has 1 N–H and O–H groups in total. The zero-order valence-electron chi connectivity index (χ0n) is 14.7. The van der Waals surface area contributed by atoms with Crippen molar-refractivity contribution in [1.82, 2.24) is 14.8 Å². The van der Waals surface area contributed by atoms with Gasteiger partial charge in [-0.1, -0.05) is 36.4 Å². The Hall–Kier alpha value is -2.73. The van der Waals surface area contributed by atoms with Crippen LogP contribution in [0.3, 0.4) is 0 Å². The Kier molecular flexibility index (Phi) is 4.42. The Labute approximate surface area is 152 Å². The fourth-order valence-electron chi connectivity index (χ4n) is 3.29. The molecule has 4 rings (SSSR count). The molecule has 6 nitrogen and oxygen atoms in total. The monoisotopic (exact) mass is 350 g/mol. The predicted octanol–water partition coefficient (Wildman–Crippen LogP) is 2.93. The lowest BCUT2D eigenvalue weighted by Crippen LogP contribution is -2.34. The molecule has 0 saturated heterocycles. The first-order chi connectivity index (χ1) is 12.7. The molecule has 1 amide bonds. The van der Waals surface area contributed by atoms with Gasteiger partial charge in [0.25, 0.3) is 0 Å². The van der Waals surface area contributed by atoms with E-state index < -0.39 is 6.10 Å². The maximum atomic E-state index is 12.9. The molecule has 0 aliphatic heterocycles. The van der Waals surface area contributed by atoms with Crippen molar-refractivity contribution in [2.75, 3.05) is 11.4 Å². The maximum Gasteiger partial charge on any atom is 0.248 e. The first-order valence-corrected chi connectivity index (χ1v) is 9.03. The summed E-state index contributed by atoms with van der Waals surface area (Å²) in [5.41, 5.74) is 0.897. The summed E-state index contributed by atoms with van der Waals surface area (Å²) in [6, 6.07) is 14.0. The van der Waals surface area contributed by atoms with Gasteiger partial charge in [-0.3, -0.25) is 4.79 Å². The van der Waals surface area contributed by atoms with Crippen LogP contribution in [-0.4, -0.2) is 32.3 Å². The molecule has 26 heavy (non-hydrogen) atoms. The number of fused-ring (bicyclic) bond motifs is 1. The smallest absolute Gasteiger partial charge is 0.248 e.